The molecule has 1 aliphatic rings. The minimum absolute atomic E-state index is 0.363. The summed E-state index contributed by atoms with van der Waals surface area (Å²) >= 11 is 0. The average Bonchev–Trinajstić information content (AvgIpc) is 2.73. The van der Waals surface area contributed by atoms with Gasteiger partial charge in [0, 0.05) is 13.0 Å². The number of carbonyl (C=O) groups is 1. The third-order valence-corrected chi connectivity index (χ3v) is 2.48. The van der Waals surface area contributed by atoms with Crippen LogP contribution in [0.5, 0.6) is 0 Å². The van der Waals surface area contributed by atoms with Crippen LogP contribution in [0.15, 0.2) is 0 Å². The van der Waals surface area contributed by atoms with Crippen LogP contribution < -0.4 is 5.32 Å². The van der Waals surface area contributed by atoms with Gasteiger partial charge in [0.05, 0.1) is 6.54 Å². The van der Waals surface area contributed by atoms with E-state index in [1.54, 1.807) is 0 Å². The Bertz CT molecular complexity index is 420. The van der Waals surface area contributed by atoms with Crippen LogP contribution in [-0.2, 0) is 24.2 Å². The van der Waals surface area contributed by atoms with E-state index >= 15 is 0 Å². The smallest absolute Gasteiger partial charge is 0.408 e. The molecule has 1 aromatic rings. The van der Waals surface area contributed by atoms with Gasteiger partial charge in [0.1, 0.15) is 11.4 Å². The summed E-state index contributed by atoms with van der Waals surface area (Å²) < 4.78 is 7.20. The molecule has 1 amide bonds. The van der Waals surface area contributed by atoms with Gasteiger partial charge in [-0.2, -0.15) is 0 Å². The van der Waals surface area contributed by atoms with Crippen molar-refractivity contribution in [2.45, 2.75) is 52.3 Å². The maximum Gasteiger partial charge on any atom is 0.408 e. The molecule has 0 saturated carbocycles. The largest absolute Gasteiger partial charge is 0.444 e. The van der Waals surface area contributed by atoms with Gasteiger partial charge in [-0.1, -0.05) is 0 Å². The minimum Gasteiger partial charge on any atom is -0.444 e. The molecule has 17 heavy (non-hydrogen) atoms. The summed E-state index contributed by atoms with van der Waals surface area (Å²) in [6, 6.07) is 0. The van der Waals surface area contributed by atoms with E-state index in [0.29, 0.717) is 6.54 Å². The van der Waals surface area contributed by atoms with Crippen LogP contribution in [0.2, 0.25) is 0 Å². The van der Waals surface area contributed by atoms with Crippen molar-refractivity contribution in [3.63, 3.8) is 0 Å². The van der Waals surface area contributed by atoms with Gasteiger partial charge in [0.25, 0.3) is 0 Å². The first kappa shape index (κ1) is 11.9. The lowest BCUT2D eigenvalue weighted by atomic mass is 10.2. The van der Waals surface area contributed by atoms with E-state index < -0.39 is 11.7 Å². The molecule has 1 aliphatic heterocycles. The third kappa shape index (κ3) is 2.95. The SMILES string of the molecule is CC(C)(C)OC(=O)NCc1nnc2n1CCC2. The first-order valence-corrected chi connectivity index (χ1v) is 5.83. The number of hydrogen-bond donors (Lipinski definition) is 1. The lowest BCUT2D eigenvalue weighted by molar-refractivity contribution is 0.0521. The van der Waals surface area contributed by atoms with Crippen LogP contribution in [0.25, 0.3) is 0 Å². The Kier molecular flexibility index (Phi) is 3.04. The van der Waals surface area contributed by atoms with Crippen LogP contribution in [0.3, 0.4) is 0 Å². The summed E-state index contributed by atoms with van der Waals surface area (Å²) in [5, 5.41) is 10.8. The van der Waals surface area contributed by atoms with Crippen molar-refractivity contribution in [2.75, 3.05) is 0 Å². The molecular weight excluding hydrogens is 220 g/mol. The molecule has 6 nitrogen and oxygen atoms in total. The van der Waals surface area contributed by atoms with Gasteiger partial charge in [-0.25, -0.2) is 4.79 Å². The van der Waals surface area contributed by atoms with Crippen molar-refractivity contribution in [3.8, 4) is 0 Å². The number of nitrogens with zero attached hydrogens (tertiary/aromatic N) is 3. The summed E-state index contributed by atoms with van der Waals surface area (Å²) in [6.07, 6.45) is 1.65. The van der Waals surface area contributed by atoms with Gasteiger partial charge in [-0.3, -0.25) is 0 Å². The maximum absolute atomic E-state index is 11.5. The number of amides is 1. The lowest BCUT2D eigenvalue weighted by Crippen LogP contribution is -2.32. The summed E-state index contributed by atoms with van der Waals surface area (Å²) in [6.45, 7) is 6.81. The molecule has 94 valence electrons. The van der Waals surface area contributed by atoms with Gasteiger partial charge in [0.15, 0.2) is 5.82 Å². The first-order valence-electron chi connectivity index (χ1n) is 5.83. The van der Waals surface area contributed by atoms with Crippen LogP contribution in [0, 0.1) is 0 Å². The zero-order valence-electron chi connectivity index (χ0n) is 10.5. The zero-order valence-corrected chi connectivity index (χ0v) is 10.5. The van der Waals surface area contributed by atoms with Gasteiger partial charge in [0.2, 0.25) is 0 Å². The number of rotatable bonds is 2. The molecule has 0 spiro atoms. The van der Waals surface area contributed by atoms with E-state index in [-0.39, 0.29) is 0 Å². The predicted molar refractivity (Wildman–Crippen MR) is 61.4 cm³/mol. The first-order chi connectivity index (χ1) is 7.96. The van der Waals surface area contributed by atoms with Crippen molar-refractivity contribution in [1.82, 2.24) is 20.1 Å². The van der Waals surface area contributed by atoms with Gasteiger partial charge in [-0.05, 0) is 27.2 Å². The molecule has 1 N–H and O–H groups in total. The van der Waals surface area contributed by atoms with Crippen molar-refractivity contribution in [1.29, 1.82) is 0 Å². The average molecular weight is 238 g/mol. The van der Waals surface area contributed by atoms with E-state index in [4.69, 9.17) is 4.74 Å². The molecule has 0 aromatic carbocycles. The Hall–Kier alpha value is -1.59. The second-order valence-corrected chi connectivity index (χ2v) is 5.14. The number of fused-ring (bicyclic) bond motifs is 1. The fourth-order valence-corrected chi connectivity index (χ4v) is 1.81. The third-order valence-electron chi connectivity index (χ3n) is 2.48. The molecule has 2 rings (SSSR count). The van der Waals surface area contributed by atoms with E-state index in [1.807, 2.05) is 20.8 Å². The molecule has 6 heteroatoms. The monoisotopic (exact) mass is 238 g/mol. The van der Waals surface area contributed by atoms with Crippen molar-refractivity contribution >= 4 is 6.09 Å². The number of nitrogens with one attached hydrogen (secondary N) is 1. The number of hydrogen-bond acceptors (Lipinski definition) is 4. The maximum atomic E-state index is 11.5. The highest BCUT2D eigenvalue weighted by Gasteiger charge is 2.19. The number of aromatic nitrogens is 3. The quantitative estimate of drug-likeness (QED) is 0.841. The Morgan fingerprint density at radius 3 is 2.94 bits per heavy atom. The molecule has 0 bridgehead atoms. The standard InChI is InChI=1S/C11H18N4O2/c1-11(2,3)17-10(16)12-7-9-14-13-8-5-4-6-15(8)9/h4-7H2,1-3H3,(H,12,16). The fraction of sp³-hybridized carbons (Fsp3) is 0.727. The Balaban J connectivity index is 1.88. The highest BCUT2D eigenvalue weighted by atomic mass is 16.6. The van der Waals surface area contributed by atoms with Crippen molar-refractivity contribution in [3.05, 3.63) is 11.6 Å². The highest BCUT2D eigenvalue weighted by molar-refractivity contribution is 5.67. The van der Waals surface area contributed by atoms with Gasteiger partial charge < -0.3 is 14.6 Å². The van der Waals surface area contributed by atoms with Crippen LogP contribution in [0.1, 0.15) is 38.8 Å². The number of alkyl carbamates (subject to hydrolysis) is 1. The number of aryl methyl sites for hydroxylation is 1. The topological polar surface area (TPSA) is 69.0 Å². The van der Waals surface area contributed by atoms with E-state index in [2.05, 4.69) is 20.1 Å². The molecule has 2 heterocycles. The number of ether oxygens (including phenoxy) is 1. The van der Waals surface area contributed by atoms with Crippen LogP contribution in [0.4, 0.5) is 4.79 Å². The second kappa shape index (κ2) is 4.35. The van der Waals surface area contributed by atoms with Gasteiger partial charge >= 0.3 is 6.09 Å². The summed E-state index contributed by atoms with van der Waals surface area (Å²) in [5.41, 5.74) is -0.475. The lowest BCUT2D eigenvalue weighted by Gasteiger charge is -2.19. The molecule has 0 radical (unpaired) electrons. The molecule has 0 fully saturated rings. The Morgan fingerprint density at radius 1 is 1.47 bits per heavy atom. The molecule has 0 saturated heterocycles. The molecule has 0 aliphatic carbocycles. The normalized spacial score (nSPS) is 14.5. The van der Waals surface area contributed by atoms with Crippen molar-refractivity contribution in [2.24, 2.45) is 0 Å². The molecular formula is C11H18N4O2. The molecule has 1 aromatic heterocycles. The van der Waals surface area contributed by atoms with E-state index in [0.717, 1.165) is 31.0 Å². The fourth-order valence-electron chi connectivity index (χ4n) is 1.81. The predicted octanol–water partition coefficient (Wildman–Crippen LogP) is 1.25. The van der Waals surface area contributed by atoms with Crippen LogP contribution in [-0.4, -0.2) is 26.5 Å². The highest BCUT2D eigenvalue weighted by Crippen LogP contribution is 2.14. The summed E-state index contributed by atoms with van der Waals surface area (Å²) in [5.74, 6) is 1.80. The number of carbonyl (C=O) groups excluding carboxylic acids is 1. The second-order valence-electron chi connectivity index (χ2n) is 5.14. The molecule has 0 unspecified atom stereocenters. The minimum atomic E-state index is -0.475. The summed E-state index contributed by atoms with van der Waals surface area (Å²) in [4.78, 5) is 11.5. The van der Waals surface area contributed by atoms with Gasteiger partial charge in [-0.15, -0.1) is 10.2 Å². The Labute approximate surface area is 100 Å². The van der Waals surface area contributed by atoms with E-state index in [9.17, 15) is 4.79 Å². The van der Waals surface area contributed by atoms with Crippen molar-refractivity contribution < 1.29 is 9.53 Å². The summed E-state index contributed by atoms with van der Waals surface area (Å²) in [7, 11) is 0. The van der Waals surface area contributed by atoms with Crippen LogP contribution >= 0.6 is 0 Å². The van der Waals surface area contributed by atoms with E-state index in [1.165, 1.54) is 0 Å². The molecule has 0 atom stereocenters. The Morgan fingerprint density at radius 2 is 2.24 bits per heavy atom. The zero-order chi connectivity index (χ0) is 12.5.